The van der Waals surface area contributed by atoms with Crippen molar-refractivity contribution in [1.82, 2.24) is 5.43 Å². The summed E-state index contributed by atoms with van der Waals surface area (Å²) < 4.78 is 19.8. The lowest BCUT2D eigenvalue weighted by Crippen LogP contribution is -2.29. The van der Waals surface area contributed by atoms with E-state index in [1.165, 1.54) is 42.6 Å². The molecule has 0 aliphatic carbocycles. The van der Waals surface area contributed by atoms with E-state index >= 15 is 0 Å². The molecule has 202 valence electrons. The van der Waals surface area contributed by atoms with E-state index in [1.807, 2.05) is 0 Å². The van der Waals surface area contributed by atoms with Crippen LogP contribution in [-0.2, 0) is 23.8 Å². The Kier molecular flexibility index (Phi) is 12.1. The molecule has 2 rings (SSSR count). The minimum absolute atomic E-state index is 0.0478. The molecule has 0 bridgehead atoms. The number of carbonyl (C=O) groups is 5. The highest BCUT2D eigenvalue weighted by Gasteiger charge is 2.31. The molecule has 0 heterocycles. The third kappa shape index (κ3) is 9.49. The van der Waals surface area contributed by atoms with E-state index in [4.69, 9.17) is 18.9 Å². The summed E-state index contributed by atoms with van der Waals surface area (Å²) in [5, 5.41) is 3.74. The summed E-state index contributed by atoms with van der Waals surface area (Å²) in [5.74, 6) is -3.32. The number of ketones is 2. The molecule has 0 fully saturated rings. The molecule has 0 saturated heterocycles. The van der Waals surface area contributed by atoms with Gasteiger partial charge >= 0.3 is 18.0 Å². The summed E-state index contributed by atoms with van der Waals surface area (Å²) in [7, 11) is 0. The average molecular weight is 527 g/mol. The van der Waals surface area contributed by atoms with Crippen LogP contribution in [0.2, 0.25) is 0 Å². The molecule has 0 radical (unpaired) electrons. The highest BCUT2D eigenvalue weighted by Crippen LogP contribution is 2.20. The third-order valence-electron chi connectivity index (χ3n) is 4.96. The number of carbonyl (C=O) groups excluding carboxylic acids is 5. The van der Waals surface area contributed by atoms with Crippen LogP contribution in [0, 0.1) is 5.92 Å². The number of esters is 2. The summed E-state index contributed by atoms with van der Waals surface area (Å²) in [6.07, 6.45) is 0.265. The van der Waals surface area contributed by atoms with Crippen molar-refractivity contribution in [2.45, 2.75) is 27.2 Å². The monoisotopic (exact) mass is 526 g/mol. The number of nitrogens with zero attached hydrogens (tertiary/aromatic N) is 1. The van der Waals surface area contributed by atoms with Gasteiger partial charge in [0.25, 0.3) is 0 Å². The predicted molar refractivity (Wildman–Crippen MR) is 136 cm³/mol. The lowest BCUT2D eigenvalue weighted by atomic mass is 9.90. The van der Waals surface area contributed by atoms with Gasteiger partial charge in [-0.25, -0.2) is 15.0 Å². The summed E-state index contributed by atoms with van der Waals surface area (Å²) in [5.41, 5.74) is 3.23. The number of nitrogens with one attached hydrogen (secondary N) is 1. The molecule has 0 spiro atoms. The quantitative estimate of drug-likeness (QED) is 0.0977. The van der Waals surface area contributed by atoms with E-state index < -0.39 is 41.9 Å². The van der Waals surface area contributed by atoms with Crippen LogP contribution < -0.4 is 10.2 Å². The molecule has 1 N–H and O–H groups in total. The Labute approximate surface area is 220 Å². The van der Waals surface area contributed by atoms with E-state index in [-0.39, 0.29) is 37.6 Å². The van der Waals surface area contributed by atoms with Gasteiger partial charge in [0.2, 0.25) is 0 Å². The van der Waals surface area contributed by atoms with Crippen LogP contribution in [0.25, 0.3) is 0 Å². The third-order valence-corrected chi connectivity index (χ3v) is 4.96. The van der Waals surface area contributed by atoms with Gasteiger partial charge in [-0.1, -0.05) is 24.3 Å². The zero-order valence-corrected chi connectivity index (χ0v) is 21.4. The van der Waals surface area contributed by atoms with Crippen LogP contribution in [0.3, 0.4) is 0 Å². The molecule has 2 aromatic rings. The van der Waals surface area contributed by atoms with Crippen LogP contribution in [0.1, 0.15) is 53.5 Å². The largest absolute Gasteiger partial charge is 0.482 e. The van der Waals surface area contributed by atoms with Crippen LogP contribution in [0.15, 0.2) is 53.6 Å². The Morgan fingerprint density at radius 2 is 1.42 bits per heavy atom. The number of amides is 1. The summed E-state index contributed by atoms with van der Waals surface area (Å²) in [4.78, 5) is 61.3. The lowest BCUT2D eigenvalue weighted by Gasteiger charge is -2.14. The van der Waals surface area contributed by atoms with Crippen molar-refractivity contribution in [2.24, 2.45) is 11.0 Å². The molecule has 2 aromatic carbocycles. The predicted octanol–water partition coefficient (Wildman–Crippen LogP) is 3.34. The van der Waals surface area contributed by atoms with E-state index in [9.17, 15) is 24.0 Å². The number of hydrogen-bond donors (Lipinski definition) is 1. The second-order valence-corrected chi connectivity index (χ2v) is 7.63. The Balaban J connectivity index is 2.08. The average Bonchev–Trinajstić information content (AvgIpc) is 2.91. The Morgan fingerprint density at radius 1 is 0.816 bits per heavy atom. The molecule has 1 atom stereocenters. The number of Topliss-reactive ketones (excluding diaryl/α,β-unsaturated/α-hetero) is 2. The minimum atomic E-state index is -1.34. The minimum Gasteiger partial charge on any atom is -0.482 e. The molecule has 0 aliphatic heterocycles. The first kappa shape index (κ1) is 29.7. The second kappa shape index (κ2) is 15.5. The maximum Gasteiger partial charge on any atom is 0.427 e. The van der Waals surface area contributed by atoms with Gasteiger partial charge in [-0.15, -0.1) is 0 Å². The number of rotatable bonds is 14. The smallest absolute Gasteiger partial charge is 0.427 e. The topological polar surface area (TPSA) is 147 Å². The molecule has 11 nitrogen and oxygen atoms in total. The van der Waals surface area contributed by atoms with Gasteiger partial charge in [0.1, 0.15) is 11.7 Å². The highest BCUT2D eigenvalue weighted by atomic mass is 16.6. The fraction of sp³-hybridized carbons (Fsp3) is 0.333. The summed E-state index contributed by atoms with van der Waals surface area (Å²) in [6.45, 7) is 5.18. The van der Waals surface area contributed by atoms with Crippen LogP contribution in [0.4, 0.5) is 4.79 Å². The van der Waals surface area contributed by atoms with Crippen molar-refractivity contribution >= 4 is 35.8 Å². The van der Waals surface area contributed by atoms with Gasteiger partial charge < -0.3 is 18.9 Å². The Hall–Kier alpha value is -4.54. The summed E-state index contributed by atoms with van der Waals surface area (Å²) in [6, 6.07) is 12.1. The number of hydrogen-bond acceptors (Lipinski definition) is 10. The molecule has 38 heavy (non-hydrogen) atoms. The van der Waals surface area contributed by atoms with Crippen LogP contribution in [0.5, 0.6) is 5.75 Å². The number of ether oxygens (including phenoxy) is 4. The van der Waals surface area contributed by atoms with Crippen molar-refractivity contribution < 1.29 is 42.9 Å². The molecule has 1 unspecified atom stereocenters. The zero-order chi connectivity index (χ0) is 27.9. The van der Waals surface area contributed by atoms with E-state index in [2.05, 4.69) is 10.5 Å². The summed E-state index contributed by atoms with van der Waals surface area (Å²) >= 11 is 0. The normalized spacial score (nSPS) is 11.3. The first-order valence-electron chi connectivity index (χ1n) is 12.0. The Morgan fingerprint density at radius 3 is 2.03 bits per heavy atom. The molecule has 0 aromatic heterocycles. The van der Waals surface area contributed by atoms with Crippen molar-refractivity contribution in [3.05, 3.63) is 65.2 Å². The van der Waals surface area contributed by atoms with Gasteiger partial charge in [-0.05, 0) is 50.6 Å². The van der Waals surface area contributed by atoms with Crippen LogP contribution >= 0.6 is 0 Å². The van der Waals surface area contributed by atoms with Gasteiger partial charge in [0.05, 0.1) is 26.0 Å². The number of hydrazone groups is 1. The fourth-order valence-electron chi connectivity index (χ4n) is 3.17. The van der Waals surface area contributed by atoms with Crippen LogP contribution in [-0.4, -0.2) is 62.2 Å². The zero-order valence-electron chi connectivity index (χ0n) is 21.4. The standard InChI is InChI=1S/C27H30N2O9/c1-4-35-24(31)17-38-21-13-11-19(12-14-21)23(30)15-22(26(33)36-5-2)25(32)20-9-7-18(8-10-20)16-28-29-27(34)37-6-3/h7-14,16,22H,4-6,15,17H2,1-3H3,(H,29,34). The number of benzene rings is 2. The Bertz CT molecular complexity index is 1140. The van der Waals surface area contributed by atoms with Gasteiger partial charge in [0.15, 0.2) is 18.2 Å². The molecular formula is C27H30N2O9. The molecule has 0 saturated carbocycles. The SMILES string of the molecule is CCOC(=O)COc1ccc(C(=O)CC(C(=O)OCC)C(=O)c2ccc(C=NNC(=O)OCC)cc2)cc1. The fourth-order valence-corrected chi connectivity index (χ4v) is 3.17. The second-order valence-electron chi connectivity index (χ2n) is 7.63. The van der Waals surface area contributed by atoms with E-state index in [1.54, 1.807) is 32.9 Å². The first-order chi connectivity index (χ1) is 18.3. The molecular weight excluding hydrogens is 496 g/mol. The van der Waals surface area contributed by atoms with Gasteiger partial charge in [0, 0.05) is 17.5 Å². The molecule has 11 heteroatoms. The first-order valence-corrected chi connectivity index (χ1v) is 12.0. The maximum absolute atomic E-state index is 13.1. The van der Waals surface area contributed by atoms with Crippen molar-refractivity contribution in [1.29, 1.82) is 0 Å². The molecule has 1 amide bonds. The lowest BCUT2D eigenvalue weighted by molar-refractivity contribution is -0.146. The van der Waals surface area contributed by atoms with Crippen molar-refractivity contribution in [2.75, 3.05) is 26.4 Å². The maximum atomic E-state index is 13.1. The van der Waals surface area contributed by atoms with Crippen molar-refractivity contribution in [3.63, 3.8) is 0 Å². The highest BCUT2D eigenvalue weighted by molar-refractivity contribution is 6.12. The van der Waals surface area contributed by atoms with Gasteiger partial charge in [-0.2, -0.15) is 5.10 Å². The van der Waals surface area contributed by atoms with E-state index in [0.29, 0.717) is 11.3 Å². The van der Waals surface area contributed by atoms with Gasteiger partial charge in [-0.3, -0.25) is 14.4 Å². The van der Waals surface area contributed by atoms with E-state index in [0.717, 1.165) is 0 Å². The van der Waals surface area contributed by atoms with Crippen molar-refractivity contribution in [3.8, 4) is 5.75 Å². The molecule has 0 aliphatic rings.